The summed E-state index contributed by atoms with van der Waals surface area (Å²) in [7, 11) is 0. The van der Waals surface area contributed by atoms with Gasteiger partial charge < -0.3 is 102 Å². The number of carboxylic acid groups (broad SMARTS) is 2. The first kappa shape index (κ1) is 95.9. The van der Waals surface area contributed by atoms with E-state index >= 15 is 0 Å². The number of primary amides is 2. The van der Waals surface area contributed by atoms with E-state index in [1.54, 1.807) is 163 Å². The molecule has 118 heavy (non-hydrogen) atoms. The Balaban J connectivity index is 1.39. The summed E-state index contributed by atoms with van der Waals surface area (Å²) in [4.78, 5) is 222. The lowest BCUT2D eigenvalue weighted by atomic mass is 9.95. The lowest BCUT2D eigenvalue weighted by Gasteiger charge is -2.31. The highest BCUT2D eigenvalue weighted by Gasteiger charge is 2.39. The van der Waals surface area contributed by atoms with Gasteiger partial charge in [-0.2, -0.15) is 0 Å². The predicted octanol–water partition coefficient (Wildman–Crippen LogP) is -0.741. The molecule has 35 heteroatoms. The number of rotatable bonds is 51. The van der Waals surface area contributed by atoms with Crippen LogP contribution >= 0.6 is 0 Å². The Kier molecular flexibility index (Phi) is 40.1. The number of nitrogens with two attached hydrogens (primary N) is 4. The first-order valence-corrected chi connectivity index (χ1v) is 39.1. The smallest absolute Gasteiger partial charge is 0.326 e. The second-order valence-corrected chi connectivity index (χ2v) is 29.6. The molecule has 23 N–H and O–H groups in total. The van der Waals surface area contributed by atoms with Crippen molar-refractivity contribution in [2.75, 3.05) is 13.1 Å². The third-order valence-corrected chi connectivity index (χ3v) is 19.4. The highest BCUT2D eigenvalue weighted by atomic mass is 16.4. The van der Waals surface area contributed by atoms with Crippen molar-refractivity contribution >= 4 is 94.6 Å². The number of phenolic OH excluding ortho intramolecular Hbond substituents is 1. The zero-order valence-corrected chi connectivity index (χ0v) is 67.0. The van der Waals surface area contributed by atoms with Gasteiger partial charge in [0.05, 0.1) is 19.0 Å². The second kappa shape index (κ2) is 49.3. The first-order valence-electron chi connectivity index (χ1n) is 39.1. The van der Waals surface area contributed by atoms with E-state index < -0.39 is 218 Å². The van der Waals surface area contributed by atoms with Crippen molar-refractivity contribution in [2.45, 2.75) is 204 Å². The summed E-state index contributed by atoms with van der Waals surface area (Å²) in [6.45, 7) is 9.18. The second-order valence-electron chi connectivity index (χ2n) is 29.6. The summed E-state index contributed by atoms with van der Waals surface area (Å²) in [6, 6.07) is 21.0. The molecule has 0 spiro atoms. The van der Waals surface area contributed by atoms with Gasteiger partial charge in [0, 0.05) is 44.9 Å². The Labute approximate surface area is 684 Å². The fraction of sp³-hybridized carbons (Fsp3) is 0.446. The number of nitrogens with one attached hydrogen (secondary N) is 12. The molecule has 0 unspecified atom stereocenters. The number of benzene rings is 5. The van der Waals surface area contributed by atoms with Crippen LogP contribution in [0.4, 0.5) is 0 Å². The van der Waals surface area contributed by atoms with Crippen LogP contribution in [0.5, 0.6) is 5.75 Å². The molecule has 0 bridgehead atoms. The fourth-order valence-electron chi connectivity index (χ4n) is 12.3. The van der Waals surface area contributed by atoms with Crippen molar-refractivity contribution in [3.05, 3.63) is 173 Å². The zero-order chi connectivity index (χ0) is 87.1. The summed E-state index contributed by atoms with van der Waals surface area (Å²) >= 11 is 0. The summed E-state index contributed by atoms with van der Waals surface area (Å²) < 4.78 is 0. The minimum Gasteiger partial charge on any atom is -0.508 e. The van der Waals surface area contributed by atoms with Crippen LogP contribution in [0.2, 0.25) is 0 Å². The molecule has 5 aromatic rings. The maximum atomic E-state index is 15.0. The number of unbranched alkanes of at least 4 members (excludes halogenated alkanes) is 1. The van der Waals surface area contributed by atoms with E-state index in [9.17, 15) is 92.0 Å². The topological polar surface area (TPSA) is 582 Å². The number of aliphatic carboxylic acids is 2. The molecule has 5 aromatic carbocycles. The standard InChI is InChI=1S/C83H112N16O19/c1-7-49(6)71(99-81(115)70(48(4)5)98-79(113)62(43-54-31-33-55(100)34-32-54)95-78(112)63(45-66(86)102)89-67(103)46-88-72(106)59(40-50-22-12-8-13-23-50)96-80(114)69(87)47(2)3)82(116)92-57(35-37-65(85)101)74(108)90-56(30-20-21-39-84)73(107)93-61(42-52-26-16-10-17-27-52)77(111)94-60(41-51-24-14-9-15-25-51)76(110)91-58(36-38-68(104)105)75(109)97-64(83(117)118)44-53-28-18-11-19-29-53/h8-19,22-29,31-34,47-49,56-64,69-71,100H,7,20-21,30,35-46,84,87H2,1-6H3,(H2,85,101)(H2,86,102)(H,88,106)(H,89,103)(H,90,108)(H,91,110)(H,92,116)(H,93,107)(H,94,111)(H,95,112)(H,96,114)(H,97,109)(H,98,113)(H,99,115)(H,104,105)(H,117,118)/t49-,56-,57-,58-,59-,60-,61-,62-,63-,64-,69-,70-,71-/m0/s1. The Morgan fingerprint density at radius 3 is 1.10 bits per heavy atom. The van der Waals surface area contributed by atoms with E-state index in [-0.39, 0.29) is 69.6 Å². The molecule has 0 fully saturated rings. The van der Waals surface area contributed by atoms with Crippen molar-refractivity contribution in [1.82, 2.24) is 63.8 Å². The van der Waals surface area contributed by atoms with Crippen LogP contribution in [0, 0.1) is 17.8 Å². The number of carbonyl (C=O) groups excluding carboxylic acids is 14. The number of carbonyl (C=O) groups is 16. The van der Waals surface area contributed by atoms with Gasteiger partial charge in [0.1, 0.15) is 72.2 Å². The minimum atomic E-state index is -1.78. The molecular formula is C83H112N16O19. The Morgan fingerprint density at radius 2 is 0.703 bits per heavy atom. The van der Waals surface area contributed by atoms with Crippen molar-refractivity contribution < 1.29 is 92.0 Å². The molecule has 35 nitrogen and oxygen atoms in total. The fourth-order valence-corrected chi connectivity index (χ4v) is 12.3. The summed E-state index contributed by atoms with van der Waals surface area (Å²) in [5.41, 5.74) is 25.7. The Morgan fingerprint density at radius 1 is 0.356 bits per heavy atom. The van der Waals surface area contributed by atoms with Crippen LogP contribution in [-0.4, -0.2) is 196 Å². The zero-order valence-electron chi connectivity index (χ0n) is 67.0. The molecule has 0 saturated heterocycles. The summed E-state index contributed by atoms with van der Waals surface area (Å²) in [6.07, 6.45) is -3.35. The van der Waals surface area contributed by atoms with Gasteiger partial charge in [0.15, 0.2) is 0 Å². The molecule has 0 aliphatic rings. The third kappa shape index (κ3) is 33.7. The molecule has 0 radical (unpaired) electrons. The molecule has 14 amide bonds. The molecule has 0 aliphatic heterocycles. The van der Waals surface area contributed by atoms with Crippen LogP contribution in [0.15, 0.2) is 146 Å². The average molecular weight is 1640 g/mol. The third-order valence-electron chi connectivity index (χ3n) is 19.4. The van der Waals surface area contributed by atoms with Crippen molar-refractivity contribution in [2.24, 2.45) is 40.7 Å². The summed E-state index contributed by atoms with van der Waals surface area (Å²) in [5.74, 6) is -18.2. The molecular weight excluding hydrogens is 1530 g/mol. The SMILES string of the molecule is CC[C@H](C)[C@H](NC(=O)[C@@H](NC(=O)[C@H](Cc1ccc(O)cc1)NC(=O)[C@H](CC(N)=O)NC(=O)CNC(=O)[C@H](Cc1ccccc1)NC(=O)[C@@H](N)C(C)C)C(C)C)C(=O)N[C@@H](CCC(N)=O)C(=O)N[C@@H](CCCCN)C(=O)N[C@@H](Cc1ccccc1)C(=O)N[C@@H](Cc1ccccc1)C(=O)N[C@@H](CCC(=O)O)C(=O)N[C@@H](Cc1ccccc1)C(=O)O. The van der Waals surface area contributed by atoms with Gasteiger partial charge in [-0.1, -0.05) is 181 Å². The number of hydrogen-bond donors (Lipinski definition) is 19. The number of phenols is 1. The van der Waals surface area contributed by atoms with Gasteiger partial charge in [-0.3, -0.25) is 71.9 Å². The quantitative estimate of drug-likeness (QED) is 0.0213. The van der Waals surface area contributed by atoms with Gasteiger partial charge in [-0.15, -0.1) is 0 Å². The molecule has 638 valence electrons. The van der Waals surface area contributed by atoms with E-state index in [2.05, 4.69) is 63.8 Å². The van der Waals surface area contributed by atoms with Gasteiger partial charge in [-0.25, -0.2) is 4.79 Å². The van der Waals surface area contributed by atoms with Crippen molar-refractivity contribution in [3.8, 4) is 5.75 Å². The molecule has 13 atom stereocenters. The normalized spacial score (nSPS) is 14.4. The first-order chi connectivity index (χ1) is 56.0. The summed E-state index contributed by atoms with van der Waals surface area (Å²) in [5, 5.41) is 60.8. The van der Waals surface area contributed by atoms with Crippen LogP contribution in [-0.2, 0) is 109 Å². The van der Waals surface area contributed by atoms with Crippen LogP contribution in [0.25, 0.3) is 0 Å². The van der Waals surface area contributed by atoms with Gasteiger partial charge in [0.25, 0.3) is 0 Å². The monoisotopic (exact) mass is 1640 g/mol. The Hall–Kier alpha value is -12.7. The molecule has 0 heterocycles. The molecule has 0 saturated carbocycles. The molecule has 0 aliphatic carbocycles. The van der Waals surface area contributed by atoms with Crippen LogP contribution in [0.1, 0.15) is 127 Å². The lowest BCUT2D eigenvalue weighted by molar-refractivity contribution is -0.143. The molecule has 5 rings (SSSR count). The number of amides is 14. The van der Waals surface area contributed by atoms with Gasteiger partial charge in [0.2, 0.25) is 82.7 Å². The predicted molar refractivity (Wildman–Crippen MR) is 433 cm³/mol. The molecule has 0 aromatic heterocycles. The maximum Gasteiger partial charge on any atom is 0.326 e. The van der Waals surface area contributed by atoms with E-state index in [1.165, 1.54) is 24.3 Å². The van der Waals surface area contributed by atoms with E-state index in [4.69, 9.17) is 22.9 Å². The van der Waals surface area contributed by atoms with Crippen LogP contribution < -0.4 is 86.7 Å². The van der Waals surface area contributed by atoms with Gasteiger partial charge >= 0.3 is 11.9 Å². The van der Waals surface area contributed by atoms with E-state index in [0.717, 1.165) is 0 Å². The maximum absolute atomic E-state index is 15.0. The largest absolute Gasteiger partial charge is 0.508 e. The highest BCUT2D eigenvalue weighted by Crippen LogP contribution is 2.18. The number of hydrogen-bond acceptors (Lipinski definition) is 19. The average Bonchev–Trinajstić information content (AvgIpc) is 0.843. The highest BCUT2D eigenvalue weighted by molar-refractivity contribution is 6.00. The van der Waals surface area contributed by atoms with Crippen molar-refractivity contribution in [1.29, 1.82) is 0 Å². The lowest BCUT2D eigenvalue weighted by Crippen LogP contribution is -2.62. The van der Waals surface area contributed by atoms with E-state index in [1.807, 2.05) is 0 Å². The van der Waals surface area contributed by atoms with Gasteiger partial charge in [-0.05, 0) is 96.4 Å². The Bertz CT molecular complexity index is 4200. The van der Waals surface area contributed by atoms with E-state index in [0.29, 0.717) is 34.2 Å². The number of carboxylic acids is 2. The number of aromatic hydroxyl groups is 1. The van der Waals surface area contributed by atoms with Crippen LogP contribution in [0.3, 0.4) is 0 Å². The minimum absolute atomic E-state index is 0.00575. The van der Waals surface area contributed by atoms with Crippen molar-refractivity contribution in [3.63, 3.8) is 0 Å².